The van der Waals surface area contributed by atoms with Gasteiger partial charge in [-0.05, 0) is 60.8 Å². The summed E-state index contributed by atoms with van der Waals surface area (Å²) < 4.78 is 30.8. The van der Waals surface area contributed by atoms with Gasteiger partial charge in [-0.2, -0.15) is 9.98 Å². The van der Waals surface area contributed by atoms with Crippen molar-refractivity contribution in [3.63, 3.8) is 0 Å². The number of aliphatic imine (C=N–C) groups is 2. The molecular weight excluding hydrogens is 352 g/mol. The molecular formula is C15H10N2O3S3. The van der Waals surface area contributed by atoms with E-state index >= 15 is 0 Å². The van der Waals surface area contributed by atoms with Crippen LogP contribution < -0.4 is 4.74 Å². The van der Waals surface area contributed by atoms with Crippen molar-refractivity contribution in [2.24, 2.45) is 9.98 Å². The van der Waals surface area contributed by atoms with Crippen LogP contribution in [0.4, 0.5) is 11.4 Å². The zero-order valence-electron chi connectivity index (χ0n) is 11.9. The van der Waals surface area contributed by atoms with Gasteiger partial charge in [0.2, 0.25) is 9.84 Å². The zero-order chi connectivity index (χ0) is 16.9. The third kappa shape index (κ3) is 3.59. The summed E-state index contributed by atoms with van der Waals surface area (Å²) >= 11 is 9.08. The summed E-state index contributed by atoms with van der Waals surface area (Å²) in [6.07, 6.45) is 0. The zero-order valence-corrected chi connectivity index (χ0v) is 14.3. The number of rotatable bonds is 5. The Hall–Kier alpha value is -2.21. The molecule has 5 nitrogen and oxygen atoms in total. The highest BCUT2D eigenvalue weighted by molar-refractivity contribution is 7.91. The fraction of sp³-hybridized carbons (Fsp3) is 0.0667. The summed E-state index contributed by atoms with van der Waals surface area (Å²) in [5.41, 5.74) is 0.815. The van der Waals surface area contributed by atoms with Crippen LogP contribution >= 0.6 is 24.4 Å². The average molecular weight is 362 g/mol. The lowest BCUT2D eigenvalue weighted by atomic mass is 10.3. The van der Waals surface area contributed by atoms with Gasteiger partial charge in [0, 0.05) is 0 Å². The van der Waals surface area contributed by atoms with Gasteiger partial charge < -0.3 is 4.74 Å². The third-order valence-electron chi connectivity index (χ3n) is 2.94. The van der Waals surface area contributed by atoms with E-state index in [0.29, 0.717) is 11.4 Å². The Morgan fingerprint density at radius 3 is 2.22 bits per heavy atom. The molecule has 0 bridgehead atoms. The first-order chi connectivity index (χ1) is 11.0. The molecule has 0 atom stereocenters. The second kappa shape index (κ2) is 7.37. The van der Waals surface area contributed by atoms with Crippen LogP contribution in [0.2, 0.25) is 0 Å². The predicted octanol–water partition coefficient (Wildman–Crippen LogP) is 4.00. The number of ether oxygens (including phenoxy) is 1. The molecule has 0 saturated carbocycles. The molecule has 2 rings (SSSR count). The molecule has 0 heterocycles. The van der Waals surface area contributed by atoms with E-state index in [4.69, 9.17) is 4.74 Å². The van der Waals surface area contributed by atoms with Gasteiger partial charge in [0.25, 0.3) is 0 Å². The second-order valence-corrected chi connectivity index (χ2v) is 6.50. The number of benzene rings is 2. The van der Waals surface area contributed by atoms with E-state index < -0.39 is 9.84 Å². The first kappa shape index (κ1) is 17.1. The molecule has 0 aliphatic carbocycles. The lowest BCUT2D eigenvalue weighted by Crippen LogP contribution is -2.04. The molecule has 0 aromatic heterocycles. The average Bonchev–Trinajstić information content (AvgIpc) is 2.56. The maximum atomic E-state index is 12.8. The van der Waals surface area contributed by atoms with Crippen molar-refractivity contribution in [1.82, 2.24) is 0 Å². The molecule has 23 heavy (non-hydrogen) atoms. The van der Waals surface area contributed by atoms with Crippen molar-refractivity contribution in [3.05, 3.63) is 42.5 Å². The van der Waals surface area contributed by atoms with Gasteiger partial charge in [-0.3, -0.25) is 0 Å². The molecule has 2 aromatic carbocycles. The smallest absolute Gasteiger partial charge is 0.210 e. The molecule has 0 unspecified atom stereocenters. The monoisotopic (exact) mass is 362 g/mol. The van der Waals surface area contributed by atoms with Crippen LogP contribution in [0.5, 0.6) is 5.75 Å². The van der Waals surface area contributed by atoms with Gasteiger partial charge in [0.05, 0.1) is 28.0 Å². The van der Waals surface area contributed by atoms with Gasteiger partial charge in [-0.25, -0.2) is 8.42 Å². The van der Waals surface area contributed by atoms with Crippen LogP contribution in [-0.4, -0.2) is 25.9 Å². The summed E-state index contributed by atoms with van der Waals surface area (Å²) in [6.45, 7) is 0. The van der Waals surface area contributed by atoms with Gasteiger partial charge >= 0.3 is 0 Å². The Bertz CT molecular complexity index is 925. The number of nitrogens with zero attached hydrogens (tertiary/aromatic N) is 2. The minimum Gasteiger partial charge on any atom is -0.493 e. The molecule has 8 heteroatoms. The first-order valence-electron chi connectivity index (χ1n) is 6.22. The van der Waals surface area contributed by atoms with Gasteiger partial charge in [-0.15, -0.1) is 0 Å². The van der Waals surface area contributed by atoms with E-state index in [2.05, 4.69) is 44.7 Å². The van der Waals surface area contributed by atoms with Gasteiger partial charge in [0.15, 0.2) is 5.75 Å². The van der Waals surface area contributed by atoms with Gasteiger partial charge in [0.1, 0.15) is 10.6 Å². The Balaban J connectivity index is 2.62. The fourth-order valence-electron chi connectivity index (χ4n) is 1.94. The molecule has 0 radical (unpaired) electrons. The Morgan fingerprint density at radius 2 is 1.65 bits per heavy atom. The summed E-state index contributed by atoms with van der Waals surface area (Å²) in [5, 5.41) is 4.43. The molecule has 116 valence electrons. The number of sulfone groups is 1. The number of methoxy groups -OCH3 is 1. The topological polar surface area (TPSA) is 68.1 Å². The second-order valence-electron chi connectivity index (χ2n) is 4.21. The summed E-state index contributed by atoms with van der Waals surface area (Å²) in [7, 11) is -2.42. The van der Waals surface area contributed by atoms with E-state index in [1.54, 1.807) is 12.1 Å². The number of para-hydroxylation sites is 1. The molecule has 0 N–H and O–H groups in total. The lowest BCUT2D eigenvalue weighted by Gasteiger charge is -2.11. The van der Waals surface area contributed by atoms with Crippen LogP contribution in [0, 0.1) is 0 Å². The first-order valence-corrected chi connectivity index (χ1v) is 8.52. The minimum atomic E-state index is -3.79. The molecule has 0 spiro atoms. The SMILES string of the molecule is COc1c(N=C=S)cccc1S(=O)(=O)c1ccc(N=C=S)cc1. The molecule has 0 fully saturated rings. The number of hydrogen-bond donors (Lipinski definition) is 0. The molecule has 0 amide bonds. The fourth-order valence-corrected chi connectivity index (χ4v) is 3.58. The van der Waals surface area contributed by atoms with Crippen LogP contribution in [0.15, 0.2) is 62.2 Å². The Morgan fingerprint density at radius 1 is 1.00 bits per heavy atom. The van der Waals surface area contributed by atoms with E-state index in [1.807, 2.05) is 0 Å². The van der Waals surface area contributed by atoms with Crippen LogP contribution in [0.1, 0.15) is 0 Å². The highest BCUT2D eigenvalue weighted by Crippen LogP contribution is 2.37. The lowest BCUT2D eigenvalue weighted by molar-refractivity contribution is 0.404. The largest absolute Gasteiger partial charge is 0.493 e. The highest BCUT2D eigenvalue weighted by atomic mass is 32.2. The molecule has 0 aliphatic rings. The summed E-state index contributed by atoms with van der Waals surface area (Å²) in [5.74, 6) is 0.117. The third-order valence-corrected chi connectivity index (χ3v) is 4.92. The Kier molecular flexibility index (Phi) is 5.50. The molecule has 2 aromatic rings. The molecule has 0 aliphatic heterocycles. The van der Waals surface area contributed by atoms with Crippen LogP contribution in [-0.2, 0) is 9.84 Å². The van der Waals surface area contributed by atoms with E-state index in [-0.39, 0.29) is 15.5 Å². The normalized spacial score (nSPS) is 10.3. The number of hydrogen-bond acceptors (Lipinski definition) is 7. The van der Waals surface area contributed by atoms with E-state index in [0.717, 1.165) is 0 Å². The van der Waals surface area contributed by atoms with Crippen molar-refractivity contribution in [1.29, 1.82) is 0 Å². The van der Waals surface area contributed by atoms with E-state index in [1.165, 1.54) is 37.4 Å². The minimum absolute atomic E-state index is 0.00224. The van der Waals surface area contributed by atoms with Crippen molar-refractivity contribution in [2.45, 2.75) is 9.79 Å². The predicted molar refractivity (Wildman–Crippen MR) is 94.3 cm³/mol. The maximum Gasteiger partial charge on any atom is 0.210 e. The summed E-state index contributed by atoms with van der Waals surface area (Å²) in [4.78, 5) is 7.71. The standard InChI is InChI=1S/C15H10N2O3S3/c1-20-15-13(17-10-22)3-2-4-14(15)23(18,19)12-7-5-11(6-8-12)16-9-21/h2-8H,1H3. The number of isothiocyanates is 2. The summed E-state index contributed by atoms with van der Waals surface area (Å²) in [6, 6.07) is 10.6. The van der Waals surface area contributed by atoms with Crippen molar-refractivity contribution in [3.8, 4) is 5.75 Å². The van der Waals surface area contributed by atoms with Crippen molar-refractivity contribution in [2.75, 3.05) is 7.11 Å². The Labute approximate surface area is 144 Å². The van der Waals surface area contributed by atoms with Crippen molar-refractivity contribution < 1.29 is 13.2 Å². The quantitative estimate of drug-likeness (QED) is 0.594. The van der Waals surface area contributed by atoms with E-state index in [9.17, 15) is 8.42 Å². The number of thiocarbonyl (C=S) groups is 2. The van der Waals surface area contributed by atoms with Crippen molar-refractivity contribution >= 4 is 56.0 Å². The highest BCUT2D eigenvalue weighted by Gasteiger charge is 2.24. The molecule has 0 saturated heterocycles. The maximum absolute atomic E-state index is 12.8. The van der Waals surface area contributed by atoms with Gasteiger partial charge in [-0.1, -0.05) is 6.07 Å². The van der Waals surface area contributed by atoms with Crippen LogP contribution in [0.25, 0.3) is 0 Å². The van der Waals surface area contributed by atoms with Crippen LogP contribution in [0.3, 0.4) is 0 Å².